The molecule has 0 aliphatic carbocycles. The Kier molecular flexibility index (Phi) is 4.40. The van der Waals surface area contributed by atoms with Gasteiger partial charge in [0.15, 0.2) is 0 Å². The number of aromatic nitrogens is 1. The Labute approximate surface area is 85.9 Å². The second kappa shape index (κ2) is 5.60. The minimum atomic E-state index is 0.512. The van der Waals surface area contributed by atoms with Gasteiger partial charge >= 0.3 is 0 Å². The van der Waals surface area contributed by atoms with Crippen molar-refractivity contribution < 1.29 is 0 Å². The zero-order chi connectivity index (χ0) is 10.4. The molecule has 14 heavy (non-hydrogen) atoms. The van der Waals surface area contributed by atoms with Crippen molar-refractivity contribution in [3.8, 4) is 0 Å². The molecule has 3 heteroatoms. The van der Waals surface area contributed by atoms with E-state index in [0.717, 1.165) is 18.8 Å². The molecular formula is C11H19N3. The van der Waals surface area contributed by atoms with E-state index in [1.165, 1.54) is 5.56 Å². The molecule has 1 heterocycles. The molecular weight excluding hydrogens is 174 g/mol. The molecule has 0 aromatic carbocycles. The monoisotopic (exact) mass is 193 g/mol. The standard InChI is InChI=1S/C11H19N3/c1-4-13-11-8-12-6-5-10(11)7-14-9(2)3/h5-6,8-9,13-14H,4,7H2,1-3H3. The zero-order valence-electron chi connectivity index (χ0n) is 9.17. The Hall–Kier alpha value is -1.09. The quantitative estimate of drug-likeness (QED) is 0.751. The summed E-state index contributed by atoms with van der Waals surface area (Å²) in [5, 5.41) is 6.69. The highest BCUT2D eigenvalue weighted by atomic mass is 14.9. The van der Waals surface area contributed by atoms with E-state index in [-0.39, 0.29) is 0 Å². The molecule has 1 aromatic rings. The maximum Gasteiger partial charge on any atom is 0.0572 e. The minimum absolute atomic E-state index is 0.512. The number of nitrogens with one attached hydrogen (secondary N) is 2. The van der Waals surface area contributed by atoms with E-state index in [1.807, 2.05) is 18.5 Å². The first-order valence-corrected chi connectivity index (χ1v) is 5.14. The van der Waals surface area contributed by atoms with Crippen LogP contribution in [0.3, 0.4) is 0 Å². The van der Waals surface area contributed by atoms with Crippen LogP contribution in [0.5, 0.6) is 0 Å². The molecule has 0 saturated carbocycles. The van der Waals surface area contributed by atoms with Gasteiger partial charge in [0.2, 0.25) is 0 Å². The minimum Gasteiger partial charge on any atom is -0.384 e. The molecule has 0 spiro atoms. The van der Waals surface area contributed by atoms with Gasteiger partial charge in [0.05, 0.1) is 11.9 Å². The average Bonchev–Trinajstić information content (AvgIpc) is 2.17. The smallest absolute Gasteiger partial charge is 0.0572 e. The molecule has 0 saturated heterocycles. The molecule has 0 fully saturated rings. The normalized spacial score (nSPS) is 10.6. The number of hydrogen-bond donors (Lipinski definition) is 2. The van der Waals surface area contributed by atoms with Crippen LogP contribution in [0.15, 0.2) is 18.5 Å². The molecule has 3 nitrogen and oxygen atoms in total. The lowest BCUT2D eigenvalue weighted by atomic mass is 10.2. The number of hydrogen-bond acceptors (Lipinski definition) is 3. The lowest BCUT2D eigenvalue weighted by Crippen LogP contribution is -2.22. The summed E-state index contributed by atoms with van der Waals surface area (Å²) in [6.07, 6.45) is 3.71. The van der Waals surface area contributed by atoms with Crippen molar-refractivity contribution in [1.29, 1.82) is 0 Å². The molecule has 1 rings (SSSR count). The lowest BCUT2D eigenvalue weighted by molar-refractivity contribution is 0.589. The highest BCUT2D eigenvalue weighted by Crippen LogP contribution is 2.12. The molecule has 0 amide bonds. The van der Waals surface area contributed by atoms with E-state index in [4.69, 9.17) is 0 Å². The summed E-state index contributed by atoms with van der Waals surface area (Å²) in [5.41, 5.74) is 2.40. The van der Waals surface area contributed by atoms with Crippen molar-refractivity contribution in [3.05, 3.63) is 24.0 Å². The second-order valence-corrected chi connectivity index (χ2v) is 3.60. The fraction of sp³-hybridized carbons (Fsp3) is 0.545. The molecule has 1 aromatic heterocycles. The third kappa shape index (κ3) is 3.34. The fourth-order valence-electron chi connectivity index (χ4n) is 1.24. The van der Waals surface area contributed by atoms with E-state index in [1.54, 1.807) is 0 Å². The van der Waals surface area contributed by atoms with E-state index in [0.29, 0.717) is 6.04 Å². The third-order valence-corrected chi connectivity index (χ3v) is 1.98. The average molecular weight is 193 g/mol. The predicted octanol–water partition coefficient (Wildman–Crippen LogP) is 2.01. The van der Waals surface area contributed by atoms with Gasteiger partial charge in [-0.2, -0.15) is 0 Å². The van der Waals surface area contributed by atoms with Crippen LogP contribution >= 0.6 is 0 Å². The Bertz CT molecular complexity index is 271. The third-order valence-electron chi connectivity index (χ3n) is 1.98. The number of anilines is 1. The first-order chi connectivity index (χ1) is 6.74. The highest BCUT2D eigenvalue weighted by Gasteiger charge is 2.01. The highest BCUT2D eigenvalue weighted by molar-refractivity contribution is 5.48. The van der Waals surface area contributed by atoms with Gasteiger partial charge in [-0.1, -0.05) is 13.8 Å². The lowest BCUT2D eigenvalue weighted by Gasteiger charge is -2.12. The number of pyridine rings is 1. The molecule has 0 unspecified atom stereocenters. The SMILES string of the molecule is CCNc1cnccc1CNC(C)C. The van der Waals surface area contributed by atoms with Crippen molar-refractivity contribution in [3.63, 3.8) is 0 Å². The van der Waals surface area contributed by atoms with Crippen molar-refractivity contribution >= 4 is 5.69 Å². The van der Waals surface area contributed by atoms with Gasteiger partial charge in [-0.15, -0.1) is 0 Å². The van der Waals surface area contributed by atoms with Crippen LogP contribution < -0.4 is 10.6 Å². The maximum atomic E-state index is 4.10. The Morgan fingerprint density at radius 1 is 1.43 bits per heavy atom. The topological polar surface area (TPSA) is 37.0 Å². The van der Waals surface area contributed by atoms with Gasteiger partial charge in [0.25, 0.3) is 0 Å². The van der Waals surface area contributed by atoms with E-state index >= 15 is 0 Å². The summed E-state index contributed by atoms with van der Waals surface area (Å²) in [6, 6.07) is 2.56. The zero-order valence-corrected chi connectivity index (χ0v) is 9.17. The van der Waals surface area contributed by atoms with Gasteiger partial charge < -0.3 is 10.6 Å². The van der Waals surface area contributed by atoms with Crippen LogP contribution in [-0.2, 0) is 6.54 Å². The molecule has 0 aliphatic heterocycles. The first-order valence-electron chi connectivity index (χ1n) is 5.14. The maximum absolute atomic E-state index is 4.10. The first kappa shape index (κ1) is 11.0. The summed E-state index contributed by atoms with van der Waals surface area (Å²) < 4.78 is 0. The Morgan fingerprint density at radius 3 is 2.86 bits per heavy atom. The summed E-state index contributed by atoms with van der Waals surface area (Å²) >= 11 is 0. The molecule has 0 aliphatic rings. The van der Waals surface area contributed by atoms with E-state index in [9.17, 15) is 0 Å². The van der Waals surface area contributed by atoms with Gasteiger partial charge in [-0.05, 0) is 18.6 Å². The van der Waals surface area contributed by atoms with Crippen LogP contribution in [0.1, 0.15) is 26.3 Å². The van der Waals surface area contributed by atoms with Crippen molar-refractivity contribution in [2.45, 2.75) is 33.4 Å². The summed E-state index contributed by atoms with van der Waals surface area (Å²) in [4.78, 5) is 4.10. The van der Waals surface area contributed by atoms with Crippen LogP contribution in [0.2, 0.25) is 0 Å². The molecule has 0 radical (unpaired) electrons. The Balaban J connectivity index is 2.64. The summed E-state index contributed by atoms with van der Waals surface area (Å²) in [7, 11) is 0. The van der Waals surface area contributed by atoms with E-state index in [2.05, 4.69) is 36.4 Å². The van der Waals surface area contributed by atoms with Crippen LogP contribution in [0.25, 0.3) is 0 Å². The fourth-order valence-corrected chi connectivity index (χ4v) is 1.24. The summed E-state index contributed by atoms with van der Waals surface area (Å²) in [6.45, 7) is 8.21. The Morgan fingerprint density at radius 2 is 2.21 bits per heavy atom. The second-order valence-electron chi connectivity index (χ2n) is 3.60. The van der Waals surface area contributed by atoms with Gasteiger partial charge in [0, 0.05) is 25.3 Å². The van der Waals surface area contributed by atoms with Gasteiger partial charge in [0.1, 0.15) is 0 Å². The van der Waals surface area contributed by atoms with Crippen LogP contribution in [0.4, 0.5) is 5.69 Å². The molecule has 0 bridgehead atoms. The van der Waals surface area contributed by atoms with Crippen LogP contribution in [-0.4, -0.2) is 17.6 Å². The van der Waals surface area contributed by atoms with Crippen molar-refractivity contribution in [2.75, 3.05) is 11.9 Å². The van der Waals surface area contributed by atoms with Crippen molar-refractivity contribution in [2.24, 2.45) is 0 Å². The van der Waals surface area contributed by atoms with Gasteiger partial charge in [-0.3, -0.25) is 4.98 Å². The van der Waals surface area contributed by atoms with Gasteiger partial charge in [-0.25, -0.2) is 0 Å². The largest absolute Gasteiger partial charge is 0.384 e. The summed E-state index contributed by atoms with van der Waals surface area (Å²) in [5.74, 6) is 0. The number of nitrogens with zero attached hydrogens (tertiary/aromatic N) is 1. The number of rotatable bonds is 5. The molecule has 0 atom stereocenters. The molecule has 2 N–H and O–H groups in total. The van der Waals surface area contributed by atoms with E-state index < -0.39 is 0 Å². The van der Waals surface area contributed by atoms with Crippen molar-refractivity contribution in [1.82, 2.24) is 10.3 Å². The molecule has 78 valence electrons. The van der Waals surface area contributed by atoms with Crippen LogP contribution in [0, 0.1) is 0 Å². The predicted molar refractivity (Wildman–Crippen MR) is 60.4 cm³/mol.